The first-order chi connectivity index (χ1) is 9.12. The van der Waals surface area contributed by atoms with Crippen LogP contribution in [0.25, 0.3) is 0 Å². The van der Waals surface area contributed by atoms with Gasteiger partial charge in [0.15, 0.2) is 5.57 Å². The average molecular weight is 260 g/mol. The van der Waals surface area contributed by atoms with E-state index in [1.807, 2.05) is 18.2 Å². The van der Waals surface area contributed by atoms with Crippen molar-refractivity contribution in [2.45, 2.75) is 6.92 Å². The Morgan fingerprint density at radius 1 is 1.42 bits per heavy atom. The van der Waals surface area contributed by atoms with Crippen molar-refractivity contribution in [3.8, 4) is 11.8 Å². The molecule has 0 spiro atoms. The number of esters is 1. The Hall–Kier alpha value is -2.48. The lowest BCUT2D eigenvalue weighted by Crippen LogP contribution is -2.14. The standard InChI is InChI=1S/C14H16N2O3/c1-4-19-14(17)11(9-15)10-16(2)12-5-7-13(18-3)8-6-12/h5-8,10H,4H2,1-3H3. The number of nitriles is 1. The number of benzene rings is 1. The number of rotatable bonds is 5. The van der Waals surface area contributed by atoms with Crippen LogP contribution in [0.3, 0.4) is 0 Å². The fourth-order valence-corrected chi connectivity index (χ4v) is 1.42. The summed E-state index contributed by atoms with van der Waals surface area (Å²) in [5.41, 5.74) is 0.790. The van der Waals surface area contributed by atoms with Crippen molar-refractivity contribution in [3.05, 3.63) is 36.0 Å². The maximum Gasteiger partial charge on any atom is 0.350 e. The molecule has 5 nitrogen and oxygen atoms in total. The summed E-state index contributed by atoms with van der Waals surface area (Å²) in [6.45, 7) is 1.93. The van der Waals surface area contributed by atoms with Crippen LogP contribution in [0.5, 0.6) is 5.75 Å². The molecule has 0 bridgehead atoms. The normalized spacial score (nSPS) is 10.5. The number of carbonyl (C=O) groups is 1. The van der Waals surface area contributed by atoms with Crippen molar-refractivity contribution >= 4 is 11.7 Å². The van der Waals surface area contributed by atoms with Crippen LogP contribution in [0.1, 0.15) is 6.92 Å². The number of anilines is 1. The van der Waals surface area contributed by atoms with Gasteiger partial charge in [0.2, 0.25) is 0 Å². The second-order valence-electron chi connectivity index (χ2n) is 3.68. The predicted molar refractivity (Wildman–Crippen MR) is 71.7 cm³/mol. The second-order valence-corrected chi connectivity index (χ2v) is 3.68. The Bertz CT molecular complexity index is 500. The lowest BCUT2D eigenvalue weighted by molar-refractivity contribution is -0.138. The van der Waals surface area contributed by atoms with Crippen molar-refractivity contribution in [2.24, 2.45) is 0 Å². The third kappa shape index (κ3) is 4.03. The Balaban J connectivity index is 2.88. The Morgan fingerprint density at radius 3 is 2.53 bits per heavy atom. The van der Waals surface area contributed by atoms with Gasteiger partial charge in [0.05, 0.1) is 13.7 Å². The van der Waals surface area contributed by atoms with Gasteiger partial charge in [-0.05, 0) is 31.2 Å². The minimum Gasteiger partial charge on any atom is -0.497 e. The summed E-state index contributed by atoms with van der Waals surface area (Å²) in [7, 11) is 3.34. The summed E-state index contributed by atoms with van der Waals surface area (Å²) in [6.07, 6.45) is 1.44. The van der Waals surface area contributed by atoms with Crippen molar-refractivity contribution in [1.82, 2.24) is 0 Å². The molecule has 0 radical (unpaired) electrons. The van der Waals surface area contributed by atoms with Gasteiger partial charge in [-0.3, -0.25) is 0 Å². The minimum atomic E-state index is -0.620. The molecule has 0 aliphatic rings. The van der Waals surface area contributed by atoms with Gasteiger partial charge in [-0.15, -0.1) is 0 Å². The van der Waals surface area contributed by atoms with E-state index >= 15 is 0 Å². The molecule has 0 saturated carbocycles. The van der Waals surface area contributed by atoms with Crippen molar-refractivity contribution in [2.75, 3.05) is 25.7 Å². The van der Waals surface area contributed by atoms with E-state index in [1.54, 1.807) is 38.1 Å². The van der Waals surface area contributed by atoms with Gasteiger partial charge in [-0.25, -0.2) is 4.79 Å². The molecule has 0 aliphatic carbocycles. The smallest absolute Gasteiger partial charge is 0.350 e. The van der Waals surface area contributed by atoms with Crippen LogP contribution in [0.2, 0.25) is 0 Å². The van der Waals surface area contributed by atoms with Crippen LogP contribution in [-0.2, 0) is 9.53 Å². The van der Waals surface area contributed by atoms with E-state index in [-0.39, 0.29) is 12.2 Å². The fourth-order valence-electron chi connectivity index (χ4n) is 1.42. The van der Waals surface area contributed by atoms with E-state index in [0.717, 1.165) is 11.4 Å². The highest BCUT2D eigenvalue weighted by molar-refractivity contribution is 5.93. The van der Waals surface area contributed by atoms with E-state index in [4.69, 9.17) is 14.7 Å². The highest BCUT2D eigenvalue weighted by Gasteiger charge is 2.11. The van der Waals surface area contributed by atoms with E-state index in [0.29, 0.717) is 0 Å². The topological polar surface area (TPSA) is 62.6 Å². The quantitative estimate of drug-likeness (QED) is 0.461. The molecule has 0 amide bonds. The minimum absolute atomic E-state index is 0.0415. The maximum absolute atomic E-state index is 11.5. The van der Waals surface area contributed by atoms with Gasteiger partial charge < -0.3 is 14.4 Å². The molecular weight excluding hydrogens is 244 g/mol. The molecular formula is C14H16N2O3. The van der Waals surface area contributed by atoms with Crippen LogP contribution in [0, 0.1) is 11.3 Å². The third-order valence-electron chi connectivity index (χ3n) is 2.42. The Labute approximate surface area is 112 Å². The number of carbonyl (C=O) groups excluding carboxylic acids is 1. The highest BCUT2D eigenvalue weighted by atomic mass is 16.5. The first-order valence-electron chi connectivity index (χ1n) is 5.78. The summed E-state index contributed by atoms with van der Waals surface area (Å²) < 4.78 is 9.85. The van der Waals surface area contributed by atoms with Crippen molar-refractivity contribution < 1.29 is 14.3 Å². The van der Waals surface area contributed by atoms with Gasteiger partial charge in [-0.1, -0.05) is 0 Å². The van der Waals surface area contributed by atoms with Gasteiger partial charge >= 0.3 is 5.97 Å². The highest BCUT2D eigenvalue weighted by Crippen LogP contribution is 2.18. The van der Waals surface area contributed by atoms with Crippen LogP contribution < -0.4 is 9.64 Å². The molecule has 0 aromatic heterocycles. The molecule has 19 heavy (non-hydrogen) atoms. The molecule has 5 heteroatoms. The molecule has 1 rings (SSSR count). The van der Waals surface area contributed by atoms with Crippen LogP contribution >= 0.6 is 0 Å². The van der Waals surface area contributed by atoms with Gasteiger partial charge in [0.1, 0.15) is 11.8 Å². The molecule has 1 aromatic rings. The fraction of sp³-hybridized carbons (Fsp3) is 0.286. The summed E-state index contributed by atoms with van der Waals surface area (Å²) in [6, 6.07) is 9.09. The first-order valence-corrected chi connectivity index (χ1v) is 5.78. The summed E-state index contributed by atoms with van der Waals surface area (Å²) in [4.78, 5) is 13.2. The molecule has 0 fully saturated rings. The van der Waals surface area contributed by atoms with E-state index in [1.165, 1.54) is 6.20 Å². The zero-order chi connectivity index (χ0) is 14.3. The lowest BCUT2D eigenvalue weighted by atomic mass is 10.2. The zero-order valence-electron chi connectivity index (χ0n) is 11.2. The third-order valence-corrected chi connectivity index (χ3v) is 2.42. The van der Waals surface area contributed by atoms with Crippen LogP contribution in [-0.4, -0.2) is 26.7 Å². The zero-order valence-corrected chi connectivity index (χ0v) is 11.2. The summed E-state index contributed by atoms with van der Waals surface area (Å²) in [5, 5.41) is 8.94. The van der Waals surface area contributed by atoms with Crippen molar-refractivity contribution in [3.63, 3.8) is 0 Å². The van der Waals surface area contributed by atoms with Crippen LogP contribution in [0.4, 0.5) is 5.69 Å². The Kier molecular flexibility index (Phi) is 5.42. The van der Waals surface area contributed by atoms with Gasteiger partial charge in [-0.2, -0.15) is 5.26 Å². The van der Waals surface area contributed by atoms with E-state index in [2.05, 4.69) is 0 Å². The largest absolute Gasteiger partial charge is 0.497 e. The number of nitrogens with zero attached hydrogens (tertiary/aromatic N) is 2. The molecule has 0 aliphatic heterocycles. The number of methoxy groups -OCH3 is 1. The molecule has 0 heterocycles. The molecule has 1 aromatic carbocycles. The van der Waals surface area contributed by atoms with E-state index < -0.39 is 5.97 Å². The number of ether oxygens (including phenoxy) is 2. The predicted octanol–water partition coefficient (Wildman–Crippen LogP) is 2.10. The van der Waals surface area contributed by atoms with Crippen molar-refractivity contribution in [1.29, 1.82) is 5.26 Å². The Morgan fingerprint density at radius 2 is 2.05 bits per heavy atom. The van der Waals surface area contributed by atoms with E-state index in [9.17, 15) is 4.79 Å². The molecule has 0 unspecified atom stereocenters. The second kappa shape index (κ2) is 7.07. The molecule has 0 saturated heterocycles. The summed E-state index contributed by atoms with van der Waals surface area (Å²) in [5.74, 6) is 0.123. The van der Waals surface area contributed by atoms with Gasteiger partial charge in [0.25, 0.3) is 0 Å². The molecule has 100 valence electrons. The SMILES string of the molecule is CCOC(=O)C(C#N)=CN(C)c1ccc(OC)cc1. The molecule has 0 N–H and O–H groups in total. The summed E-state index contributed by atoms with van der Waals surface area (Å²) >= 11 is 0. The lowest BCUT2D eigenvalue weighted by Gasteiger charge is -2.15. The molecule has 0 atom stereocenters. The maximum atomic E-state index is 11.5. The van der Waals surface area contributed by atoms with Crippen LogP contribution in [0.15, 0.2) is 36.0 Å². The monoisotopic (exact) mass is 260 g/mol. The number of hydrogen-bond donors (Lipinski definition) is 0. The number of hydrogen-bond acceptors (Lipinski definition) is 5. The first kappa shape index (κ1) is 14.6. The average Bonchev–Trinajstić information content (AvgIpc) is 2.44. The van der Waals surface area contributed by atoms with Gasteiger partial charge in [0, 0.05) is 18.9 Å².